The lowest BCUT2D eigenvalue weighted by Gasteiger charge is -2.31. The molecule has 2 rings (SSSR count). The average molecular weight is 316 g/mol. The van der Waals surface area contributed by atoms with E-state index in [-0.39, 0.29) is 11.9 Å². The maximum absolute atomic E-state index is 13.0. The van der Waals surface area contributed by atoms with E-state index in [0.717, 1.165) is 16.5 Å². The molecule has 1 fully saturated rings. The Morgan fingerprint density at radius 1 is 1.39 bits per heavy atom. The Balaban J connectivity index is 1.93. The van der Waals surface area contributed by atoms with Gasteiger partial charge < -0.3 is 10.1 Å². The van der Waals surface area contributed by atoms with Crippen molar-refractivity contribution in [3.8, 4) is 0 Å². The predicted octanol–water partition coefficient (Wildman–Crippen LogP) is 3.64. The highest BCUT2D eigenvalue weighted by atomic mass is 79.9. The molecule has 2 unspecified atom stereocenters. The molecule has 1 saturated carbocycles. The van der Waals surface area contributed by atoms with Crippen LogP contribution in [0.3, 0.4) is 0 Å². The SMILES string of the molecule is CNC1CCCCC1OCc1ccc(F)cc1Br. The van der Waals surface area contributed by atoms with Crippen molar-refractivity contribution in [3.05, 3.63) is 34.1 Å². The van der Waals surface area contributed by atoms with Crippen LogP contribution in [-0.2, 0) is 11.3 Å². The molecule has 0 saturated heterocycles. The molecule has 0 heterocycles. The summed E-state index contributed by atoms with van der Waals surface area (Å²) in [6.45, 7) is 0.531. The van der Waals surface area contributed by atoms with Crippen LogP contribution in [0.25, 0.3) is 0 Å². The summed E-state index contributed by atoms with van der Waals surface area (Å²) in [5, 5.41) is 3.32. The summed E-state index contributed by atoms with van der Waals surface area (Å²) in [5.41, 5.74) is 0.997. The van der Waals surface area contributed by atoms with Gasteiger partial charge in [0.2, 0.25) is 0 Å². The second-order valence-electron chi connectivity index (χ2n) is 4.76. The van der Waals surface area contributed by atoms with Crippen LogP contribution in [0.4, 0.5) is 4.39 Å². The molecule has 2 nitrogen and oxygen atoms in total. The fraction of sp³-hybridized carbons (Fsp3) is 0.571. The van der Waals surface area contributed by atoms with Crippen molar-refractivity contribution >= 4 is 15.9 Å². The molecule has 0 radical (unpaired) electrons. The van der Waals surface area contributed by atoms with Gasteiger partial charge in [-0.25, -0.2) is 4.39 Å². The molecule has 2 atom stereocenters. The van der Waals surface area contributed by atoms with Gasteiger partial charge in [-0.1, -0.05) is 34.8 Å². The van der Waals surface area contributed by atoms with Crippen LogP contribution in [-0.4, -0.2) is 19.2 Å². The molecule has 1 N–H and O–H groups in total. The number of ether oxygens (including phenoxy) is 1. The Bertz CT molecular complexity index is 399. The van der Waals surface area contributed by atoms with Crippen molar-refractivity contribution in [1.29, 1.82) is 0 Å². The third-order valence-corrected chi connectivity index (χ3v) is 4.28. The fourth-order valence-corrected chi connectivity index (χ4v) is 2.93. The van der Waals surface area contributed by atoms with E-state index < -0.39 is 0 Å². The maximum atomic E-state index is 13.0. The first-order valence-electron chi connectivity index (χ1n) is 6.43. The minimum Gasteiger partial charge on any atom is -0.372 e. The zero-order valence-corrected chi connectivity index (χ0v) is 12.2. The van der Waals surface area contributed by atoms with E-state index >= 15 is 0 Å². The van der Waals surface area contributed by atoms with E-state index in [2.05, 4.69) is 21.2 Å². The highest BCUT2D eigenvalue weighted by Crippen LogP contribution is 2.24. The van der Waals surface area contributed by atoms with Gasteiger partial charge >= 0.3 is 0 Å². The lowest BCUT2D eigenvalue weighted by Crippen LogP contribution is -2.41. The van der Waals surface area contributed by atoms with Gasteiger partial charge in [0.05, 0.1) is 12.7 Å². The number of likely N-dealkylation sites (N-methyl/N-ethyl adjacent to an activating group) is 1. The van der Waals surface area contributed by atoms with Gasteiger partial charge in [0.15, 0.2) is 0 Å². The molecule has 100 valence electrons. The minimum absolute atomic E-state index is 0.226. The Hall–Kier alpha value is -0.450. The Kier molecular flexibility index (Phi) is 5.15. The normalized spacial score (nSPS) is 24.2. The molecular formula is C14H19BrFNO. The van der Waals surface area contributed by atoms with E-state index in [9.17, 15) is 4.39 Å². The standard InChI is InChI=1S/C14H19BrFNO/c1-17-13-4-2-3-5-14(13)18-9-10-6-7-11(16)8-12(10)15/h6-8,13-14,17H,2-5,9H2,1H3. The van der Waals surface area contributed by atoms with Gasteiger partial charge in [0.25, 0.3) is 0 Å². The van der Waals surface area contributed by atoms with Crippen molar-refractivity contribution in [2.45, 2.75) is 44.4 Å². The van der Waals surface area contributed by atoms with E-state index in [1.165, 1.54) is 31.4 Å². The molecular weight excluding hydrogens is 297 g/mol. The molecule has 0 bridgehead atoms. The second kappa shape index (κ2) is 6.64. The quantitative estimate of drug-likeness (QED) is 0.916. The Labute approximate surface area is 116 Å². The summed E-state index contributed by atoms with van der Waals surface area (Å²) in [4.78, 5) is 0. The minimum atomic E-state index is -0.226. The van der Waals surface area contributed by atoms with Crippen LogP contribution >= 0.6 is 15.9 Å². The van der Waals surface area contributed by atoms with Gasteiger partial charge in [-0.2, -0.15) is 0 Å². The summed E-state index contributed by atoms with van der Waals surface area (Å²) in [6.07, 6.45) is 5.04. The molecule has 1 aromatic rings. The summed E-state index contributed by atoms with van der Waals surface area (Å²) in [5.74, 6) is -0.226. The average Bonchev–Trinajstić information content (AvgIpc) is 2.38. The largest absolute Gasteiger partial charge is 0.372 e. The first-order valence-corrected chi connectivity index (χ1v) is 7.23. The molecule has 1 aliphatic carbocycles. The molecule has 0 spiro atoms. The van der Waals surface area contributed by atoms with E-state index in [1.807, 2.05) is 7.05 Å². The molecule has 0 aliphatic heterocycles. The summed E-state index contributed by atoms with van der Waals surface area (Å²) in [7, 11) is 1.99. The summed E-state index contributed by atoms with van der Waals surface area (Å²) >= 11 is 3.37. The molecule has 1 aromatic carbocycles. The van der Waals surface area contributed by atoms with Gasteiger partial charge in [0.1, 0.15) is 5.82 Å². The fourth-order valence-electron chi connectivity index (χ4n) is 2.46. The van der Waals surface area contributed by atoms with Gasteiger partial charge in [-0.15, -0.1) is 0 Å². The zero-order chi connectivity index (χ0) is 13.0. The Morgan fingerprint density at radius 2 is 2.17 bits per heavy atom. The smallest absolute Gasteiger partial charge is 0.124 e. The lowest BCUT2D eigenvalue weighted by atomic mass is 9.92. The number of halogens is 2. The summed E-state index contributed by atoms with van der Waals surface area (Å²) in [6, 6.07) is 5.17. The van der Waals surface area contributed by atoms with E-state index in [1.54, 1.807) is 6.07 Å². The van der Waals surface area contributed by atoms with Crippen LogP contribution in [0.2, 0.25) is 0 Å². The van der Waals surface area contributed by atoms with Gasteiger partial charge in [0, 0.05) is 10.5 Å². The second-order valence-corrected chi connectivity index (χ2v) is 5.62. The van der Waals surface area contributed by atoms with Crippen molar-refractivity contribution in [1.82, 2.24) is 5.32 Å². The Morgan fingerprint density at radius 3 is 2.89 bits per heavy atom. The molecule has 1 aliphatic rings. The van der Waals surface area contributed by atoms with Crippen LogP contribution in [0, 0.1) is 5.82 Å². The van der Waals surface area contributed by atoms with Crippen molar-refractivity contribution in [2.75, 3.05) is 7.05 Å². The van der Waals surface area contributed by atoms with Gasteiger partial charge in [-0.05, 0) is 37.6 Å². The van der Waals surface area contributed by atoms with Crippen molar-refractivity contribution in [2.24, 2.45) is 0 Å². The predicted molar refractivity (Wildman–Crippen MR) is 74.0 cm³/mol. The highest BCUT2D eigenvalue weighted by molar-refractivity contribution is 9.10. The number of hydrogen-bond donors (Lipinski definition) is 1. The van der Waals surface area contributed by atoms with Gasteiger partial charge in [-0.3, -0.25) is 0 Å². The topological polar surface area (TPSA) is 21.3 Å². The van der Waals surface area contributed by atoms with E-state index in [4.69, 9.17) is 4.74 Å². The molecule has 0 aromatic heterocycles. The third-order valence-electron chi connectivity index (χ3n) is 3.54. The monoisotopic (exact) mass is 315 g/mol. The zero-order valence-electron chi connectivity index (χ0n) is 10.6. The molecule has 0 amide bonds. The van der Waals surface area contributed by atoms with Crippen molar-refractivity contribution < 1.29 is 9.13 Å². The van der Waals surface area contributed by atoms with Crippen LogP contribution in [0.15, 0.2) is 22.7 Å². The summed E-state index contributed by atoms with van der Waals surface area (Å²) < 4.78 is 19.7. The van der Waals surface area contributed by atoms with E-state index in [0.29, 0.717) is 12.6 Å². The van der Waals surface area contributed by atoms with Crippen LogP contribution in [0.5, 0.6) is 0 Å². The van der Waals surface area contributed by atoms with Crippen LogP contribution < -0.4 is 5.32 Å². The number of hydrogen-bond acceptors (Lipinski definition) is 2. The number of nitrogens with one attached hydrogen (secondary N) is 1. The molecule has 4 heteroatoms. The van der Waals surface area contributed by atoms with Crippen LogP contribution in [0.1, 0.15) is 31.2 Å². The number of rotatable bonds is 4. The third kappa shape index (κ3) is 3.53. The molecule has 18 heavy (non-hydrogen) atoms. The first-order chi connectivity index (χ1) is 8.70. The first kappa shape index (κ1) is 14.0. The van der Waals surface area contributed by atoms with Crippen molar-refractivity contribution in [3.63, 3.8) is 0 Å². The number of benzene rings is 1. The maximum Gasteiger partial charge on any atom is 0.124 e. The lowest BCUT2D eigenvalue weighted by molar-refractivity contribution is -0.00385. The highest BCUT2D eigenvalue weighted by Gasteiger charge is 2.24.